The van der Waals surface area contributed by atoms with Crippen LogP contribution in [0.3, 0.4) is 0 Å². The molecule has 1 aromatic heterocycles. The van der Waals surface area contributed by atoms with E-state index in [-0.39, 0.29) is 11.6 Å². The molecule has 7 heteroatoms. The summed E-state index contributed by atoms with van der Waals surface area (Å²) in [5.41, 5.74) is 1.59. The van der Waals surface area contributed by atoms with Crippen LogP contribution in [-0.4, -0.2) is 30.1 Å². The van der Waals surface area contributed by atoms with Crippen molar-refractivity contribution in [2.24, 2.45) is 0 Å². The summed E-state index contributed by atoms with van der Waals surface area (Å²) in [6.07, 6.45) is 2.90. The number of carbonyl (C=O) groups is 1. The molecule has 0 atom stereocenters. The van der Waals surface area contributed by atoms with E-state index in [0.29, 0.717) is 23.0 Å². The van der Waals surface area contributed by atoms with Crippen LogP contribution < -0.4 is 20.1 Å². The second-order valence-electron chi connectivity index (χ2n) is 5.30. The molecule has 0 aliphatic carbocycles. The number of aromatic nitrogens is 2. The molecule has 0 saturated heterocycles. The molecule has 1 amide bonds. The molecule has 0 fully saturated rings. The summed E-state index contributed by atoms with van der Waals surface area (Å²) in [4.78, 5) is 20.7. The number of nitrogens with zero attached hydrogens (tertiary/aromatic N) is 2. The maximum atomic E-state index is 12.3. The second kappa shape index (κ2) is 7.98. The summed E-state index contributed by atoms with van der Waals surface area (Å²) >= 11 is 0. The Labute approximate surface area is 151 Å². The van der Waals surface area contributed by atoms with Crippen molar-refractivity contribution in [3.63, 3.8) is 0 Å². The van der Waals surface area contributed by atoms with Crippen LogP contribution in [0.2, 0.25) is 0 Å². The van der Waals surface area contributed by atoms with Gasteiger partial charge in [-0.15, -0.1) is 0 Å². The fraction of sp³-hybridized carbons (Fsp3) is 0.105. The average Bonchev–Trinajstić information content (AvgIpc) is 2.69. The number of amides is 1. The molecular weight excluding hydrogens is 332 g/mol. The Morgan fingerprint density at radius 1 is 0.962 bits per heavy atom. The van der Waals surface area contributed by atoms with E-state index in [9.17, 15) is 4.79 Å². The topological polar surface area (TPSA) is 85.4 Å². The van der Waals surface area contributed by atoms with Crippen molar-refractivity contribution in [1.29, 1.82) is 0 Å². The SMILES string of the molecule is COc1cccc(NC(=O)c2cnc(Nc3ccccc3OC)cn2)c1. The van der Waals surface area contributed by atoms with Crippen molar-refractivity contribution in [3.8, 4) is 11.5 Å². The molecular formula is C19H18N4O3. The van der Waals surface area contributed by atoms with Crippen molar-refractivity contribution in [2.75, 3.05) is 24.9 Å². The van der Waals surface area contributed by atoms with E-state index in [0.717, 1.165) is 5.69 Å². The van der Waals surface area contributed by atoms with E-state index in [1.807, 2.05) is 24.3 Å². The molecule has 3 rings (SSSR count). The molecule has 0 bridgehead atoms. The lowest BCUT2D eigenvalue weighted by Gasteiger charge is -2.10. The van der Waals surface area contributed by atoms with Crippen molar-refractivity contribution in [1.82, 2.24) is 9.97 Å². The molecule has 0 saturated carbocycles. The van der Waals surface area contributed by atoms with Gasteiger partial charge in [0.25, 0.3) is 5.91 Å². The van der Waals surface area contributed by atoms with Crippen LogP contribution in [0.15, 0.2) is 60.9 Å². The highest BCUT2D eigenvalue weighted by Crippen LogP contribution is 2.25. The number of methoxy groups -OCH3 is 2. The molecule has 26 heavy (non-hydrogen) atoms. The number of hydrogen-bond donors (Lipinski definition) is 2. The largest absolute Gasteiger partial charge is 0.497 e. The van der Waals surface area contributed by atoms with Gasteiger partial charge in [0.05, 0.1) is 32.3 Å². The molecule has 2 N–H and O–H groups in total. The van der Waals surface area contributed by atoms with Crippen LogP contribution in [-0.2, 0) is 0 Å². The van der Waals surface area contributed by atoms with E-state index in [1.54, 1.807) is 38.5 Å². The smallest absolute Gasteiger partial charge is 0.275 e. The quantitative estimate of drug-likeness (QED) is 0.708. The zero-order valence-electron chi connectivity index (χ0n) is 14.4. The monoisotopic (exact) mass is 350 g/mol. The van der Waals surface area contributed by atoms with Crippen LogP contribution in [0.5, 0.6) is 11.5 Å². The first-order valence-corrected chi connectivity index (χ1v) is 7.87. The lowest BCUT2D eigenvalue weighted by Crippen LogP contribution is -2.14. The number of rotatable bonds is 6. The number of ether oxygens (including phenoxy) is 2. The number of para-hydroxylation sites is 2. The lowest BCUT2D eigenvalue weighted by atomic mass is 10.3. The fourth-order valence-electron chi connectivity index (χ4n) is 2.29. The van der Waals surface area contributed by atoms with Crippen LogP contribution in [0.1, 0.15) is 10.5 Å². The van der Waals surface area contributed by atoms with E-state index in [1.165, 1.54) is 12.4 Å². The number of benzene rings is 2. The number of carbonyl (C=O) groups excluding carboxylic acids is 1. The Hall–Kier alpha value is -3.61. The Bertz CT molecular complexity index is 897. The van der Waals surface area contributed by atoms with Gasteiger partial charge in [-0.25, -0.2) is 9.97 Å². The van der Waals surface area contributed by atoms with Gasteiger partial charge in [0, 0.05) is 11.8 Å². The standard InChI is InChI=1S/C19H18N4O3/c1-25-14-7-5-6-13(10-14)22-19(24)16-11-21-18(12-20-16)23-15-8-3-4-9-17(15)26-2/h3-12H,1-2H3,(H,21,23)(H,22,24). The predicted octanol–water partition coefficient (Wildman–Crippen LogP) is 3.49. The highest BCUT2D eigenvalue weighted by atomic mass is 16.5. The van der Waals surface area contributed by atoms with E-state index < -0.39 is 0 Å². The van der Waals surface area contributed by atoms with Gasteiger partial charge in [0.2, 0.25) is 0 Å². The Balaban J connectivity index is 1.69. The lowest BCUT2D eigenvalue weighted by molar-refractivity contribution is 0.102. The van der Waals surface area contributed by atoms with E-state index >= 15 is 0 Å². The Morgan fingerprint density at radius 2 is 1.81 bits per heavy atom. The number of anilines is 3. The summed E-state index contributed by atoms with van der Waals surface area (Å²) in [7, 11) is 3.16. The summed E-state index contributed by atoms with van der Waals surface area (Å²) < 4.78 is 10.4. The van der Waals surface area contributed by atoms with Gasteiger partial charge in [0.15, 0.2) is 0 Å². The van der Waals surface area contributed by atoms with Gasteiger partial charge in [-0.1, -0.05) is 18.2 Å². The zero-order chi connectivity index (χ0) is 18.4. The molecule has 3 aromatic rings. The summed E-state index contributed by atoms with van der Waals surface area (Å²) in [6, 6.07) is 14.5. The van der Waals surface area contributed by atoms with E-state index in [2.05, 4.69) is 20.6 Å². The van der Waals surface area contributed by atoms with Crippen molar-refractivity contribution >= 4 is 23.1 Å². The molecule has 132 valence electrons. The normalized spacial score (nSPS) is 10.1. The van der Waals surface area contributed by atoms with Gasteiger partial charge in [-0.3, -0.25) is 4.79 Å². The maximum absolute atomic E-state index is 12.3. The molecule has 1 heterocycles. The first-order chi connectivity index (χ1) is 12.7. The molecule has 0 aliphatic heterocycles. The summed E-state index contributed by atoms with van der Waals surface area (Å²) in [5.74, 6) is 1.50. The minimum absolute atomic E-state index is 0.207. The van der Waals surface area contributed by atoms with Crippen molar-refractivity contribution in [3.05, 3.63) is 66.6 Å². The van der Waals surface area contributed by atoms with Gasteiger partial charge >= 0.3 is 0 Å². The first kappa shape index (κ1) is 17.2. The van der Waals surface area contributed by atoms with Gasteiger partial charge in [-0.2, -0.15) is 0 Å². The van der Waals surface area contributed by atoms with Gasteiger partial charge in [-0.05, 0) is 24.3 Å². The molecule has 0 unspecified atom stereocenters. The first-order valence-electron chi connectivity index (χ1n) is 7.87. The predicted molar refractivity (Wildman–Crippen MR) is 99.3 cm³/mol. The van der Waals surface area contributed by atoms with E-state index in [4.69, 9.17) is 9.47 Å². The highest BCUT2D eigenvalue weighted by molar-refractivity contribution is 6.02. The number of nitrogens with one attached hydrogen (secondary N) is 2. The Morgan fingerprint density at radius 3 is 2.54 bits per heavy atom. The minimum Gasteiger partial charge on any atom is -0.497 e. The van der Waals surface area contributed by atoms with Crippen LogP contribution in [0.4, 0.5) is 17.2 Å². The molecule has 2 aromatic carbocycles. The third-order valence-corrected chi connectivity index (χ3v) is 3.58. The maximum Gasteiger partial charge on any atom is 0.275 e. The Kier molecular flexibility index (Phi) is 5.28. The van der Waals surface area contributed by atoms with Crippen LogP contribution in [0, 0.1) is 0 Å². The molecule has 0 spiro atoms. The van der Waals surface area contributed by atoms with Crippen molar-refractivity contribution in [2.45, 2.75) is 0 Å². The van der Waals surface area contributed by atoms with Crippen LogP contribution >= 0.6 is 0 Å². The second-order valence-corrected chi connectivity index (χ2v) is 5.30. The highest BCUT2D eigenvalue weighted by Gasteiger charge is 2.10. The van der Waals surface area contributed by atoms with Crippen molar-refractivity contribution < 1.29 is 14.3 Å². The van der Waals surface area contributed by atoms with Gasteiger partial charge < -0.3 is 20.1 Å². The number of hydrogen-bond acceptors (Lipinski definition) is 6. The summed E-state index contributed by atoms with van der Waals surface area (Å²) in [6.45, 7) is 0. The minimum atomic E-state index is -0.352. The molecule has 0 aliphatic rings. The summed E-state index contributed by atoms with van der Waals surface area (Å²) in [5, 5.41) is 5.87. The zero-order valence-corrected chi connectivity index (χ0v) is 14.4. The fourth-order valence-corrected chi connectivity index (χ4v) is 2.29. The van der Waals surface area contributed by atoms with Crippen LogP contribution in [0.25, 0.3) is 0 Å². The third kappa shape index (κ3) is 4.07. The average molecular weight is 350 g/mol. The molecule has 0 radical (unpaired) electrons. The molecule has 7 nitrogen and oxygen atoms in total. The third-order valence-electron chi connectivity index (χ3n) is 3.58. The van der Waals surface area contributed by atoms with Gasteiger partial charge in [0.1, 0.15) is 23.0 Å².